The molecule has 4 aromatic rings. The van der Waals surface area contributed by atoms with Gasteiger partial charge in [-0.2, -0.15) is 4.98 Å². The second-order valence-electron chi connectivity index (χ2n) is 4.62. The molecule has 0 aliphatic rings. The fourth-order valence-corrected chi connectivity index (χ4v) is 2.80. The molecule has 0 saturated heterocycles. The van der Waals surface area contributed by atoms with Crippen molar-refractivity contribution in [3.63, 3.8) is 0 Å². The van der Waals surface area contributed by atoms with E-state index in [2.05, 4.69) is 21.2 Å². The largest absolute Gasteiger partial charge is 0.459 e. The number of hydrogen-bond donors (Lipinski definition) is 0. The molecule has 0 aliphatic heterocycles. The summed E-state index contributed by atoms with van der Waals surface area (Å²) >= 11 is 1.57. The summed E-state index contributed by atoms with van der Waals surface area (Å²) < 4.78 is 10.4. The van der Waals surface area contributed by atoms with E-state index in [1.807, 2.05) is 30.3 Å². The molecule has 5 nitrogen and oxygen atoms in total. The van der Waals surface area contributed by atoms with Gasteiger partial charge in [-0.25, -0.2) is 4.98 Å². The highest BCUT2D eigenvalue weighted by Crippen LogP contribution is 2.24. The molecule has 0 spiro atoms. The van der Waals surface area contributed by atoms with E-state index < -0.39 is 0 Å². The van der Waals surface area contributed by atoms with E-state index in [1.165, 1.54) is 0 Å². The van der Waals surface area contributed by atoms with E-state index in [1.54, 1.807) is 30.2 Å². The standard InChI is InChI=1S/C16H11N3O2S/c1-2-5-12-11(4-1)7-8-15(17-12)22-10-14-18-16(21-19-14)13-6-3-9-20-13/h1-9H,10H2. The van der Waals surface area contributed by atoms with Crippen LogP contribution in [0.5, 0.6) is 0 Å². The maximum absolute atomic E-state index is 5.23. The normalized spacial score (nSPS) is 11.1. The van der Waals surface area contributed by atoms with Crippen LogP contribution in [-0.2, 0) is 5.75 Å². The minimum Gasteiger partial charge on any atom is -0.459 e. The van der Waals surface area contributed by atoms with Crippen LogP contribution in [0.2, 0.25) is 0 Å². The summed E-state index contributed by atoms with van der Waals surface area (Å²) in [7, 11) is 0. The quantitative estimate of drug-likeness (QED) is 0.527. The third kappa shape index (κ3) is 2.60. The van der Waals surface area contributed by atoms with Gasteiger partial charge in [0.15, 0.2) is 11.6 Å². The number of thioether (sulfide) groups is 1. The smallest absolute Gasteiger partial charge is 0.293 e. The molecule has 22 heavy (non-hydrogen) atoms. The SMILES string of the molecule is c1coc(-c2nc(CSc3ccc4ccccc4n3)no2)c1. The topological polar surface area (TPSA) is 65.0 Å². The highest BCUT2D eigenvalue weighted by atomic mass is 32.2. The number of para-hydroxylation sites is 1. The van der Waals surface area contributed by atoms with Gasteiger partial charge in [0, 0.05) is 5.39 Å². The van der Waals surface area contributed by atoms with E-state index in [9.17, 15) is 0 Å². The Morgan fingerprint density at radius 2 is 1.91 bits per heavy atom. The Balaban J connectivity index is 1.49. The molecule has 0 aliphatic carbocycles. The first-order valence-corrected chi connectivity index (χ1v) is 7.72. The number of aromatic nitrogens is 3. The number of benzene rings is 1. The molecule has 0 unspecified atom stereocenters. The molecule has 6 heteroatoms. The molecule has 0 fully saturated rings. The van der Waals surface area contributed by atoms with Gasteiger partial charge < -0.3 is 8.94 Å². The summed E-state index contributed by atoms with van der Waals surface area (Å²) in [6.07, 6.45) is 1.58. The lowest BCUT2D eigenvalue weighted by Crippen LogP contribution is -1.86. The summed E-state index contributed by atoms with van der Waals surface area (Å²) in [5, 5.41) is 6.02. The van der Waals surface area contributed by atoms with Gasteiger partial charge in [0.2, 0.25) is 0 Å². The molecule has 1 aromatic carbocycles. The van der Waals surface area contributed by atoms with Crippen LogP contribution in [0.1, 0.15) is 5.82 Å². The summed E-state index contributed by atoms with van der Waals surface area (Å²) in [5.41, 5.74) is 0.983. The number of hydrogen-bond acceptors (Lipinski definition) is 6. The Bertz CT molecular complexity index is 903. The third-order valence-corrected chi connectivity index (χ3v) is 4.05. The van der Waals surface area contributed by atoms with E-state index in [0.717, 1.165) is 15.9 Å². The molecule has 4 rings (SSSR count). The number of pyridine rings is 1. The Hall–Kier alpha value is -2.60. The van der Waals surface area contributed by atoms with Gasteiger partial charge in [0.05, 0.1) is 22.6 Å². The van der Waals surface area contributed by atoms with E-state index in [0.29, 0.717) is 23.2 Å². The maximum atomic E-state index is 5.23. The third-order valence-electron chi connectivity index (χ3n) is 3.12. The number of nitrogens with zero attached hydrogens (tertiary/aromatic N) is 3. The van der Waals surface area contributed by atoms with Crippen LogP contribution in [-0.4, -0.2) is 15.1 Å². The van der Waals surface area contributed by atoms with Crippen LogP contribution in [0, 0.1) is 0 Å². The number of rotatable bonds is 4. The van der Waals surface area contributed by atoms with Gasteiger partial charge in [-0.15, -0.1) is 0 Å². The van der Waals surface area contributed by atoms with Gasteiger partial charge in [0.1, 0.15) is 0 Å². The summed E-state index contributed by atoms with van der Waals surface area (Å²) in [6, 6.07) is 15.7. The highest BCUT2D eigenvalue weighted by Gasteiger charge is 2.11. The van der Waals surface area contributed by atoms with Crippen molar-refractivity contribution in [1.82, 2.24) is 15.1 Å². The molecule has 3 aromatic heterocycles. The van der Waals surface area contributed by atoms with E-state index >= 15 is 0 Å². The Morgan fingerprint density at radius 1 is 0.955 bits per heavy atom. The fourth-order valence-electron chi connectivity index (χ4n) is 2.08. The summed E-state index contributed by atoms with van der Waals surface area (Å²) in [4.78, 5) is 8.92. The number of fused-ring (bicyclic) bond motifs is 1. The summed E-state index contributed by atoms with van der Waals surface area (Å²) in [6.45, 7) is 0. The molecule has 0 N–H and O–H groups in total. The molecular weight excluding hydrogens is 298 g/mol. The van der Waals surface area contributed by atoms with Crippen molar-refractivity contribution in [3.05, 3.63) is 60.6 Å². The fraction of sp³-hybridized carbons (Fsp3) is 0.0625. The van der Waals surface area contributed by atoms with Gasteiger partial charge >= 0.3 is 0 Å². The Labute approximate surface area is 130 Å². The molecule has 0 bridgehead atoms. The van der Waals surface area contributed by atoms with Crippen LogP contribution in [0.4, 0.5) is 0 Å². The zero-order valence-corrected chi connectivity index (χ0v) is 12.3. The van der Waals surface area contributed by atoms with Gasteiger partial charge in [0.25, 0.3) is 5.89 Å². The zero-order valence-electron chi connectivity index (χ0n) is 11.5. The van der Waals surface area contributed by atoms with Crippen molar-refractivity contribution in [2.75, 3.05) is 0 Å². The van der Waals surface area contributed by atoms with Crippen LogP contribution in [0.25, 0.3) is 22.6 Å². The van der Waals surface area contributed by atoms with Gasteiger partial charge in [-0.1, -0.05) is 41.2 Å². The monoisotopic (exact) mass is 309 g/mol. The van der Waals surface area contributed by atoms with Crippen LogP contribution in [0.15, 0.2) is 68.8 Å². The van der Waals surface area contributed by atoms with Crippen molar-refractivity contribution in [1.29, 1.82) is 0 Å². The van der Waals surface area contributed by atoms with Crippen molar-refractivity contribution >= 4 is 22.7 Å². The van der Waals surface area contributed by atoms with Crippen LogP contribution >= 0.6 is 11.8 Å². The van der Waals surface area contributed by atoms with Crippen LogP contribution in [0.3, 0.4) is 0 Å². The van der Waals surface area contributed by atoms with E-state index in [4.69, 9.17) is 8.94 Å². The zero-order chi connectivity index (χ0) is 14.8. The lowest BCUT2D eigenvalue weighted by atomic mass is 10.2. The molecule has 0 saturated carbocycles. The first kappa shape index (κ1) is 13.1. The van der Waals surface area contributed by atoms with E-state index in [-0.39, 0.29) is 0 Å². The molecule has 0 atom stereocenters. The average molecular weight is 309 g/mol. The Kier molecular flexibility index (Phi) is 3.36. The lowest BCUT2D eigenvalue weighted by Gasteiger charge is -2.00. The average Bonchev–Trinajstić information content (AvgIpc) is 3.24. The second-order valence-corrected chi connectivity index (χ2v) is 5.62. The van der Waals surface area contributed by atoms with Gasteiger partial charge in [-0.3, -0.25) is 0 Å². The molecule has 108 valence electrons. The minimum atomic E-state index is 0.395. The minimum absolute atomic E-state index is 0.395. The molecular formula is C16H11N3O2S. The van der Waals surface area contributed by atoms with Crippen molar-refractivity contribution in [3.8, 4) is 11.7 Å². The molecule has 0 amide bonds. The Morgan fingerprint density at radius 3 is 2.82 bits per heavy atom. The lowest BCUT2D eigenvalue weighted by molar-refractivity contribution is 0.411. The number of furan rings is 1. The molecule has 3 heterocycles. The maximum Gasteiger partial charge on any atom is 0.293 e. The van der Waals surface area contributed by atoms with Crippen LogP contribution < -0.4 is 0 Å². The second kappa shape index (κ2) is 5.65. The van der Waals surface area contributed by atoms with Crippen molar-refractivity contribution in [2.24, 2.45) is 0 Å². The predicted molar refractivity (Wildman–Crippen MR) is 83.3 cm³/mol. The van der Waals surface area contributed by atoms with Crippen molar-refractivity contribution in [2.45, 2.75) is 10.8 Å². The highest BCUT2D eigenvalue weighted by molar-refractivity contribution is 7.98. The first-order valence-electron chi connectivity index (χ1n) is 6.73. The van der Waals surface area contributed by atoms with Gasteiger partial charge in [-0.05, 0) is 24.3 Å². The first-order chi connectivity index (χ1) is 10.9. The van der Waals surface area contributed by atoms with Crippen molar-refractivity contribution < 1.29 is 8.94 Å². The predicted octanol–water partition coefficient (Wildman–Crippen LogP) is 4.17. The summed E-state index contributed by atoms with van der Waals surface area (Å²) in [5.74, 6) is 2.18. The molecule has 0 radical (unpaired) electrons.